The minimum Gasteiger partial charge on any atom is -0.381 e. The Labute approximate surface area is 112 Å². The third kappa shape index (κ3) is 15.3. The standard InChI is InChI=1S/C15H29NO2/c1-2-3-4-7-10-13-18-14-11-8-5-6-9-12-16-15-17/h2-14H2,1H3. The molecule has 3 heteroatoms. The van der Waals surface area contributed by atoms with E-state index in [2.05, 4.69) is 11.9 Å². The van der Waals surface area contributed by atoms with Gasteiger partial charge in [0.2, 0.25) is 6.08 Å². The summed E-state index contributed by atoms with van der Waals surface area (Å²) in [5, 5.41) is 0. The van der Waals surface area contributed by atoms with Crippen molar-refractivity contribution < 1.29 is 9.53 Å². The molecule has 18 heavy (non-hydrogen) atoms. The maximum absolute atomic E-state index is 9.82. The number of aliphatic imine (C=N–C) groups is 1. The lowest BCUT2D eigenvalue weighted by Crippen LogP contribution is -1.97. The van der Waals surface area contributed by atoms with Crippen LogP contribution in [0.3, 0.4) is 0 Å². The molecule has 0 aromatic rings. The second kappa shape index (κ2) is 16.3. The highest BCUT2D eigenvalue weighted by Crippen LogP contribution is 2.05. The zero-order chi connectivity index (χ0) is 13.3. The van der Waals surface area contributed by atoms with E-state index in [1.165, 1.54) is 44.9 Å². The van der Waals surface area contributed by atoms with Gasteiger partial charge in [0.05, 0.1) is 6.54 Å². The Hall–Kier alpha value is -0.660. The van der Waals surface area contributed by atoms with Crippen LogP contribution < -0.4 is 0 Å². The quantitative estimate of drug-likeness (QED) is 0.264. The number of ether oxygens (including phenoxy) is 1. The van der Waals surface area contributed by atoms with Crippen LogP contribution in [0.4, 0.5) is 0 Å². The highest BCUT2D eigenvalue weighted by Gasteiger charge is 1.92. The first-order valence-electron chi connectivity index (χ1n) is 7.53. The van der Waals surface area contributed by atoms with Crippen molar-refractivity contribution in [2.45, 2.75) is 71.1 Å². The van der Waals surface area contributed by atoms with Crippen molar-refractivity contribution in [2.24, 2.45) is 4.99 Å². The number of hydrogen-bond acceptors (Lipinski definition) is 3. The van der Waals surface area contributed by atoms with Gasteiger partial charge in [0.15, 0.2) is 0 Å². The Morgan fingerprint density at radius 3 is 2.00 bits per heavy atom. The van der Waals surface area contributed by atoms with Crippen molar-refractivity contribution in [3.63, 3.8) is 0 Å². The van der Waals surface area contributed by atoms with Crippen LogP contribution in [-0.4, -0.2) is 25.8 Å². The zero-order valence-electron chi connectivity index (χ0n) is 12.0. The van der Waals surface area contributed by atoms with Gasteiger partial charge in [-0.15, -0.1) is 0 Å². The monoisotopic (exact) mass is 255 g/mol. The van der Waals surface area contributed by atoms with Gasteiger partial charge in [0, 0.05) is 13.2 Å². The zero-order valence-corrected chi connectivity index (χ0v) is 12.0. The summed E-state index contributed by atoms with van der Waals surface area (Å²) in [5.41, 5.74) is 0. The SMILES string of the molecule is CCCCCCCOCCCCCCCN=C=O. The smallest absolute Gasteiger partial charge is 0.234 e. The second-order valence-electron chi connectivity index (χ2n) is 4.77. The van der Waals surface area contributed by atoms with Crippen LogP contribution in [-0.2, 0) is 9.53 Å². The summed E-state index contributed by atoms with van der Waals surface area (Å²) in [5.74, 6) is 0. The molecule has 0 spiro atoms. The molecule has 0 unspecified atom stereocenters. The molecule has 0 aliphatic rings. The molecular formula is C15H29NO2. The van der Waals surface area contributed by atoms with Gasteiger partial charge < -0.3 is 4.74 Å². The fourth-order valence-corrected chi connectivity index (χ4v) is 1.88. The van der Waals surface area contributed by atoms with E-state index in [1.807, 2.05) is 0 Å². The van der Waals surface area contributed by atoms with E-state index in [0.717, 1.165) is 32.5 Å². The maximum Gasteiger partial charge on any atom is 0.234 e. The van der Waals surface area contributed by atoms with Crippen molar-refractivity contribution in [3.8, 4) is 0 Å². The lowest BCUT2D eigenvalue weighted by Gasteiger charge is -2.04. The normalized spacial score (nSPS) is 10.3. The molecule has 0 aromatic carbocycles. The number of hydrogen-bond donors (Lipinski definition) is 0. The summed E-state index contributed by atoms with van der Waals surface area (Å²) in [6.45, 7) is 4.71. The molecule has 0 atom stereocenters. The van der Waals surface area contributed by atoms with Crippen molar-refractivity contribution in [1.82, 2.24) is 0 Å². The van der Waals surface area contributed by atoms with E-state index in [0.29, 0.717) is 6.54 Å². The predicted molar refractivity (Wildman–Crippen MR) is 75.7 cm³/mol. The van der Waals surface area contributed by atoms with Crippen LogP contribution >= 0.6 is 0 Å². The highest BCUT2D eigenvalue weighted by molar-refractivity contribution is 5.32. The summed E-state index contributed by atoms with van der Waals surface area (Å²) >= 11 is 0. The Morgan fingerprint density at radius 1 is 0.833 bits per heavy atom. The lowest BCUT2D eigenvalue weighted by molar-refractivity contribution is 0.125. The van der Waals surface area contributed by atoms with E-state index in [1.54, 1.807) is 6.08 Å². The largest absolute Gasteiger partial charge is 0.381 e. The molecule has 0 saturated heterocycles. The Morgan fingerprint density at radius 2 is 1.39 bits per heavy atom. The van der Waals surface area contributed by atoms with Gasteiger partial charge in [0.25, 0.3) is 0 Å². The Balaban J connectivity index is 2.92. The molecule has 0 heterocycles. The molecule has 0 N–H and O–H groups in total. The molecule has 0 fully saturated rings. The average Bonchev–Trinajstić information content (AvgIpc) is 2.39. The van der Waals surface area contributed by atoms with Crippen molar-refractivity contribution in [2.75, 3.05) is 19.8 Å². The number of carbonyl (C=O) groups excluding carboxylic acids is 1. The van der Waals surface area contributed by atoms with Crippen molar-refractivity contribution in [3.05, 3.63) is 0 Å². The number of isocyanates is 1. The molecule has 0 aliphatic heterocycles. The molecule has 0 amide bonds. The highest BCUT2D eigenvalue weighted by atomic mass is 16.5. The van der Waals surface area contributed by atoms with Gasteiger partial charge in [-0.05, 0) is 19.3 Å². The van der Waals surface area contributed by atoms with Crippen LogP contribution in [0.5, 0.6) is 0 Å². The van der Waals surface area contributed by atoms with Crippen LogP contribution in [0.25, 0.3) is 0 Å². The predicted octanol–water partition coefficient (Wildman–Crippen LogP) is 4.26. The first kappa shape index (κ1) is 17.3. The molecular weight excluding hydrogens is 226 g/mol. The lowest BCUT2D eigenvalue weighted by atomic mass is 10.1. The molecule has 0 aromatic heterocycles. The second-order valence-corrected chi connectivity index (χ2v) is 4.77. The summed E-state index contributed by atoms with van der Waals surface area (Å²) in [4.78, 5) is 13.3. The number of rotatable bonds is 14. The van der Waals surface area contributed by atoms with Crippen LogP contribution in [0.15, 0.2) is 4.99 Å². The van der Waals surface area contributed by atoms with Crippen LogP contribution in [0.1, 0.15) is 71.1 Å². The van der Waals surface area contributed by atoms with E-state index in [9.17, 15) is 4.79 Å². The van der Waals surface area contributed by atoms with E-state index < -0.39 is 0 Å². The minimum absolute atomic E-state index is 0.637. The third-order valence-electron chi connectivity index (χ3n) is 3.02. The summed E-state index contributed by atoms with van der Waals surface area (Å²) in [6, 6.07) is 0. The minimum atomic E-state index is 0.637. The van der Waals surface area contributed by atoms with E-state index in [-0.39, 0.29) is 0 Å². The molecule has 0 saturated carbocycles. The number of nitrogens with zero attached hydrogens (tertiary/aromatic N) is 1. The molecule has 0 bridgehead atoms. The molecule has 0 radical (unpaired) electrons. The summed E-state index contributed by atoms with van der Waals surface area (Å²) in [6.07, 6.45) is 13.9. The van der Waals surface area contributed by atoms with Gasteiger partial charge in [-0.1, -0.05) is 51.9 Å². The Kier molecular flexibility index (Phi) is 15.7. The van der Waals surface area contributed by atoms with E-state index >= 15 is 0 Å². The summed E-state index contributed by atoms with van der Waals surface area (Å²) in [7, 11) is 0. The third-order valence-corrected chi connectivity index (χ3v) is 3.02. The van der Waals surface area contributed by atoms with Gasteiger partial charge in [-0.25, -0.2) is 9.79 Å². The fraction of sp³-hybridized carbons (Fsp3) is 0.933. The summed E-state index contributed by atoms with van der Waals surface area (Å²) < 4.78 is 5.59. The Bertz CT molecular complexity index is 201. The van der Waals surface area contributed by atoms with Gasteiger partial charge in [-0.3, -0.25) is 0 Å². The first-order chi connectivity index (χ1) is 8.91. The molecule has 3 nitrogen and oxygen atoms in total. The van der Waals surface area contributed by atoms with Crippen molar-refractivity contribution >= 4 is 6.08 Å². The van der Waals surface area contributed by atoms with Gasteiger partial charge >= 0.3 is 0 Å². The number of unbranched alkanes of at least 4 members (excludes halogenated alkanes) is 8. The van der Waals surface area contributed by atoms with Crippen LogP contribution in [0.2, 0.25) is 0 Å². The fourth-order valence-electron chi connectivity index (χ4n) is 1.88. The van der Waals surface area contributed by atoms with Crippen LogP contribution in [0, 0.1) is 0 Å². The van der Waals surface area contributed by atoms with Gasteiger partial charge in [0.1, 0.15) is 0 Å². The topological polar surface area (TPSA) is 38.7 Å². The van der Waals surface area contributed by atoms with Gasteiger partial charge in [-0.2, -0.15) is 0 Å². The first-order valence-corrected chi connectivity index (χ1v) is 7.53. The van der Waals surface area contributed by atoms with E-state index in [4.69, 9.17) is 4.74 Å². The average molecular weight is 255 g/mol. The van der Waals surface area contributed by atoms with Crippen molar-refractivity contribution in [1.29, 1.82) is 0 Å². The molecule has 0 aliphatic carbocycles. The molecule has 0 rings (SSSR count). The maximum atomic E-state index is 9.82. The molecule has 106 valence electrons.